The molecular weight excluding hydrogens is 284 g/mol. The van der Waals surface area contributed by atoms with E-state index in [1.807, 2.05) is 6.92 Å². The van der Waals surface area contributed by atoms with Crippen LogP contribution in [-0.4, -0.2) is 16.0 Å². The van der Waals surface area contributed by atoms with Crippen LogP contribution in [0.4, 0.5) is 5.82 Å². The van der Waals surface area contributed by atoms with E-state index in [4.69, 9.17) is 4.42 Å². The van der Waals surface area contributed by atoms with Crippen molar-refractivity contribution in [2.45, 2.75) is 6.92 Å². The average Bonchev–Trinajstić information content (AvgIpc) is 2.48. The number of amides is 1. The van der Waals surface area contributed by atoms with Crippen LogP contribution in [0.3, 0.4) is 0 Å². The molecule has 0 spiro atoms. The number of hydrogen-bond donors (Lipinski definition) is 2. The van der Waals surface area contributed by atoms with E-state index in [1.165, 1.54) is 18.2 Å². The Morgan fingerprint density at radius 1 is 1.23 bits per heavy atom. The standard InChI is InChI=1S/C16H12N2O4/c1-9-2-5-14(17-8-9)18-15(20)12-6-10-3-4-11(19)7-13(10)22-16(12)21/h2-8,19H,1H3,(H,17,18,20). The second kappa shape index (κ2) is 5.33. The fourth-order valence-corrected chi connectivity index (χ4v) is 1.98. The minimum atomic E-state index is -0.775. The number of aryl methyl sites for hydroxylation is 1. The first kappa shape index (κ1) is 13.8. The molecule has 3 aromatic rings. The van der Waals surface area contributed by atoms with Crippen LogP contribution >= 0.6 is 0 Å². The fourth-order valence-electron chi connectivity index (χ4n) is 1.98. The zero-order chi connectivity index (χ0) is 15.7. The summed E-state index contributed by atoms with van der Waals surface area (Å²) in [4.78, 5) is 28.1. The van der Waals surface area contributed by atoms with E-state index in [1.54, 1.807) is 24.4 Å². The first-order valence-electron chi connectivity index (χ1n) is 6.54. The zero-order valence-electron chi connectivity index (χ0n) is 11.7. The lowest BCUT2D eigenvalue weighted by Gasteiger charge is -2.05. The molecule has 2 N–H and O–H groups in total. The Morgan fingerprint density at radius 3 is 2.77 bits per heavy atom. The lowest BCUT2D eigenvalue weighted by atomic mass is 10.1. The first-order valence-corrected chi connectivity index (χ1v) is 6.54. The minimum absolute atomic E-state index is 0.0169. The number of aromatic hydroxyl groups is 1. The second-order valence-corrected chi connectivity index (χ2v) is 4.84. The number of hydrogen-bond acceptors (Lipinski definition) is 5. The lowest BCUT2D eigenvalue weighted by molar-refractivity contribution is 0.102. The molecule has 0 aliphatic heterocycles. The number of aromatic nitrogens is 1. The molecule has 0 fully saturated rings. The molecule has 110 valence electrons. The highest BCUT2D eigenvalue weighted by atomic mass is 16.4. The summed E-state index contributed by atoms with van der Waals surface area (Å²) in [5.74, 6) is -0.266. The smallest absolute Gasteiger partial charge is 0.349 e. The maximum absolute atomic E-state index is 12.2. The van der Waals surface area contributed by atoms with Crippen molar-refractivity contribution in [3.05, 3.63) is 64.1 Å². The van der Waals surface area contributed by atoms with Crippen LogP contribution in [0.25, 0.3) is 11.0 Å². The van der Waals surface area contributed by atoms with Gasteiger partial charge in [0.25, 0.3) is 5.91 Å². The van der Waals surface area contributed by atoms with E-state index in [-0.39, 0.29) is 16.9 Å². The summed E-state index contributed by atoms with van der Waals surface area (Å²) in [5.41, 5.74) is 0.279. The van der Waals surface area contributed by atoms with Gasteiger partial charge in [0.2, 0.25) is 0 Å². The van der Waals surface area contributed by atoms with Crippen LogP contribution in [-0.2, 0) is 0 Å². The molecular formula is C16H12N2O4. The van der Waals surface area contributed by atoms with Gasteiger partial charge in [0.1, 0.15) is 22.7 Å². The average molecular weight is 296 g/mol. The highest BCUT2D eigenvalue weighted by Crippen LogP contribution is 2.19. The lowest BCUT2D eigenvalue weighted by Crippen LogP contribution is -2.21. The van der Waals surface area contributed by atoms with Crippen molar-refractivity contribution in [3.8, 4) is 5.75 Å². The zero-order valence-corrected chi connectivity index (χ0v) is 11.7. The number of anilines is 1. The van der Waals surface area contributed by atoms with Gasteiger partial charge in [0.15, 0.2) is 0 Å². The molecule has 3 rings (SSSR count). The molecule has 0 atom stereocenters. The maximum Gasteiger partial charge on any atom is 0.349 e. The molecule has 0 bridgehead atoms. The predicted octanol–water partition coefficient (Wildman–Crippen LogP) is 2.45. The molecule has 0 aliphatic rings. The fraction of sp³-hybridized carbons (Fsp3) is 0.0625. The maximum atomic E-state index is 12.2. The van der Waals surface area contributed by atoms with E-state index in [9.17, 15) is 14.7 Å². The Balaban J connectivity index is 1.96. The van der Waals surface area contributed by atoms with Gasteiger partial charge < -0.3 is 14.8 Å². The predicted molar refractivity (Wildman–Crippen MR) is 81.1 cm³/mol. The van der Waals surface area contributed by atoms with Gasteiger partial charge in [0.05, 0.1) is 0 Å². The molecule has 0 saturated heterocycles. The summed E-state index contributed by atoms with van der Waals surface area (Å²) in [6.07, 6.45) is 1.61. The number of pyridine rings is 1. The van der Waals surface area contributed by atoms with Gasteiger partial charge in [-0.3, -0.25) is 4.79 Å². The Kier molecular flexibility index (Phi) is 3.34. The van der Waals surface area contributed by atoms with Crippen LogP contribution in [0.1, 0.15) is 15.9 Å². The summed E-state index contributed by atoms with van der Waals surface area (Å²) in [6, 6.07) is 9.20. The van der Waals surface area contributed by atoms with Gasteiger partial charge in [-0.15, -0.1) is 0 Å². The molecule has 0 aliphatic carbocycles. The third-order valence-corrected chi connectivity index (χ3v) is 3.12. The monoisotopic (exact) mass is 296 g/mol. The van der Waals surface area contributed by atoms with Crippen molar-refractivity contribution >= 4 is 22.7 Å². The highest BCUT2D eigenvalue weighted by molar-refractivity contribution is 6.05. The third-order valence-electron chi connectivity index (χ3n) is 3.12. The van der Waals surface area contributed by atoms with Crippen molar-refractivity contribution < 1.29 is 14.3 Å². The number of fused-ring (bicyclic) bond motifs is 1. The number of nitrogens with one attached hydrogen (secondary N) is 1. The van der Waals surface area contributed by atoms with E-state index in [2.05, 4.69) is 10.3 Å². The first-order chi connectivity index (χ1) is 10.5. The number of carbonyl (C=O) groups is 1. The van der Waals surface area contributed by atoms with Crippen molar-refractivity contribution in [2.24, 2.45) is 0 Å². The van der Waals surface area contributed by atoms with Crippen molar-refractivity contribution in [3.63, 3.8) is 0 Å². The molecule has 6 heteroatoms. The van der Waals surface area contributed by atoms with Gasteiger partial charge in [-0.2, -0.15) is 0 Å². The second-order valence-electron chi connectivity index (χ2n) is 4.84. The Hall–Kier alpha value is -3.15. The van der Waals surface area contributed by atoms with E-state index >= 15 is 0 Å². The van der Waals surface area contributed by atoms with Crippen LogP contribution in [0.5, 0.6) is 5.75 Å². The van der Waals surface area contributed by atoms with Crippen LogP contribution in [0.2, 0.25) is 0 Å². The topological polar surface area (TPSA) is 92.4 Å². The molecule has 2 heterocycles. The quantitative estimate of drug-likeness (QED) is 0.709. The number of carbonyl (C=O) groups excluding carboxylic acids is 1. The largest absolute Gasteiger partial charge is 0.508 e. The molecule has 6 nitrogen and oxygen atoms in total. The van der Waals surface area contributed by atoms with E-state index in [0.717, 1.165) is 5.56 Å². The number of phenols is 1. The summed E-state index contributed by atoms with van der Waals surface area (Å²) in [6.45, 7) is 1.88. The third kappa shape index (κ3) is 2.67. The molecule has 1 amide bonds. The van der Waals surface area contributed by atoms with Crippen LogP contribution in [0.15, 0.2) is 51.8 Å². The van der Waals surface area contributed by atoms with Gasteiger partial charge >= 0.3 is 5.63 Å². The molecule has 2 aromatic heterocycles. The molecule has 22 heavy (non-hydrogen) atoms. The highest BCUT2D eigenvalue weighted by Gasteiger charge is 2.14. The summed E-state index contributed by atoms with van der Waals surface area (Å²) >= 11 is 0. The van der Waals surface area contributed by atoms with Crippen LogP contribution < -0.4 is 10.9 Å². The summed E-state index contributed by atoms with van der Waals surface area (Å²) in [7, 11) is 0. The van der Waals surface area contributed by atoms with Crippen LogP contribution in [0, 0.1) is 6.92 Å². The molecule has 1 aromatic carbocycles. The number of nitrogens with zero attached hydrogens (tertiary/aromatic N) is 1. The number of rotatable bonds is 2. The molecule has 0 saturated carbocycles. The van der Waals surface area contributed by atoms with Gasteiger partial charge in [-0.05, 0) is 36.8 Å². The minimum Gasteiger partial charge on any atom is -0.508 e. The number of benzene rings is 1. The Bertz CT molecular complexity index is 914. The molecule has 0 radical (unpaired) electrons. The SMILES string of the molecule is Cc1ccc(NC(=O)c2cc3ccc(O)cc3oc2=O)nc1. The van der Waals surface area contributed by atoms with Gasteiger partial charge in [-0.1, -0.05) is 6.07 Å². The van der Waals surface area contributed by atoms with Crippen molar-refractivity contribution in [2.75, 3.05) is 5.32 Å². The van der Waals surface area contributed by atoms with Crippen molar-refractivity contribution in [1.29, 1.82) is 0 Å². The van der Waals surface area contributed by atoms with E-state index < -0.39 is 11.5 Å². The Labute approximate surface area is 125 Å². The summed E-state index contributed by atoms with van der Waals surface area (Å²) in [5, 5.41) is 12.5. The Morgan fingerprint density at radius 2 is 2.05 bits per heavy atom. The molecule has 0 unspecified atom stereocenters. The number of phenolic OH excluding ortho intramolecular Hbond substituents is 1. The summed E-state index contributed by atoms with van der Waals surface area (Å²) < 4.78 is 5.05. The van der Waals surface area contributed by atoms with E-state index in [0.29, 0.717) is 11.2 Å². The van der Waals surface area contributed by atoms with Gasteiger partial charge in [0, 0.05) is 17.6 Å². The van der Waals surface area contributed by atoms with Gasteiger partial charge in [-0.25, -0.2) is 9.78 Å². The normalized spacial score (nSPS) is 10.6. The van der Waals surface area contributed by atoms with Crippen molar-refractivity contribution in [1.82, 2.24) is 4.98 Å².